The van der Waals surface area contributed by atoms with Gasteiger partial charge < -0.3 is 15.1 Å². The summed E-state index contributed by atoms with van der Waals surface area (Å²) in [5, 5.41) is 21.6. The van der Waals surface area contributed by atoms with E-state index in [1.54, 1.807) is 6.07 Å². The Bertz CT molecular complexity index is 555. The van der Waals surface area contributed by atoms with Crippen molar-refractivity contribution >= 4 is 0 Å². The molecule has 1 aromatic carbocycles. The van der Waals surface area contributed by atoms with Crippen molar-refractivity contribution in [1.82, 2.24) is 4.90 Å². The van der Waals surface area contributed by atoms with E-state index in [0.717, 1.165) is 58.2 Å². The van der Waals surface area contributed by atoms with Crippen molar-refractivity contribution < 1.29 is 10.2 Å². The van der Waals surface area contributed by atoms with Crippen LogP contribution in [0.4, 0.5) is 0 Å². The molecule has 128 valence electrons. The van der Waals surface area contributed by atoms with Crippen molar-refractivity contribution in [2.75, 3.05) is 19.6 Å². The number of fused-ring (bicyclic) bond motifs is 3. The van der Waals surface area contributed by atoms with Gasteiger partial charge in [0.2, 0.25) is 0 Å². The fraction of sp³-hybridized carbons (Fsp3) is 0.700. The molecule has 0 amide bonds. The second-order valence-corrected chi connectivity index (χ2v) is 7.44. The van der Waals surface area contributed by atoms with E-state index >= 15 is 0 Å². The van der Waals surface area contributed by atoms with Gasteiger partial charge >= 0.3 is 0 Å². The number of rotatable bonds is 5. The van der Waals surface area contributed by atoms with Crippen LogP contribution in [0, 0.1) is 0 Å². The minimum absolute atomic E-state index is 0.180. The first-order chi connectivity index (χ1) is 11.0. The number of phenolic OH excluding ortho intramolecular Hbond substituents is 1. The molecule has 2 N–H and O–H groups in total. The lowest BCUT2D eigenvalue weighted by Gasteiger charge is -2.55. The number of hydrogen-bond acceptors (Lipinski definition) is 3. The van der Waals surface area contributed by atoms with Gasteiger partial charge in [-0.2, -0.15) is 0 Å². The van der Waals surface area contributed by atoms with Gasteiger partial charge in [0.05, 0.1) is 5.60 Å². The zero-order chi connectivity index (χ0) is 16.5. The van der Waals surface area contributed by atoms with Gasteiger partial charge in [-0.05, 0) is 75.0 Å². The molecule has 0 heterocycles. The van der Waals surface area contributed by atoms with E-state index in [0.29, 0.717) is 5.75 Å². The molecule has 1 fully saturated rings. The van der Waals surface area contributed by atoms with Crippen molar-refractivity contribution in [3.8, 4) is 5.75 Å². The summed E-state index contributed by atoms with van der Waals surface area (Å²) in [6, 6.07) is 5.80. The number of benzene rings is 1. The zero-order valence-corrected chi connectivity index (χ0v) is 14.6. The number of phenols is 1. The van der Waals surface area contributed by atoms with Crippen LogP contribution >= 0.6 is 0 Å². The summed E-state index contributed by atoms with van der Waals surface area (Å²) >= 11 is 0. The van der Waals surface area contributed by atoms with Gasteiger partial charge in [-0.25, -0.2) is 0 Å². The summed E-state index contributed by atoms with van der Waals surface area (Å²) in [5.41, 5.74) is 1.77. The third kappa shape index (κ3) is 2.78. The standard InChI is InChI=1S/C20H31NO2/c1-3-21(4-2)14-13-19-10-5-6-11-20(19,23)12-9-16-7-8-17(22)15-18(16)19/h7-8,15,22-23H,3-6,9-14H2,1-2H3/t19-,20+/m1/s1. The average molecular weight is 317 g/mol. The van der Waals surface area contributed by atoms with Gasteiger partial charge in [-0.15, -0.1) is 0 Å². The first-order valence-corrected chi connectivity index (χ1v) is 9.32. The van der Waals surface area contributed by atoms with E-state index in [4.69, 9.17) is 0 Å². The van der Waals surface area contributed by atoms with Gasteiger partial charge in [-0.3, -0.25) is 0 Å². The summed E-state index contributed by atoms with van der Waals surface area (Å²) < 4.78 is 0. The Hall–Kier alpha value is -1.06. The number of aliphatic hydroxyl groups is 1. The largest absolute Gasteiger partial charge is 0.508 e. The maximum absolute atomic E-state index is 11.5. The van der Waals surface area contributed by atoms with Crippen LogP contribution in [0.25, 0.3) is 0 Å². The molecule has 0 aromatic heterocycles. The lowest BCUT2D eigenvalue weighted by atomic mass is 9.53. The molecule has 0 spiro atoms. The van der Waals surface area contributed by atoms with Crippen molar-refractivity contribution in [3.63, 3.8) is 0 Å². The van der Waals surface area contributed by atoms with Crippen LogP contribution in [0.5, 0.6) is 5.75 Å². The molecule has 0 radical (unpaired) electrons. The zero-order valence-electron chi connectivity index (χ0n) is 14.6. The van der Waals surface area contributed by atoms with Gasteiger partial charge in [0.25, 0.3) is 0 Å². The van der Waals surface area contributed by atoms with Crippen molar-refractivity contribution in [3.05, 3.63) is 29.3 Å². The highest BCUT2D eigenvalue weighted by molar-refractivity contribution is 5.45. The third-order valence-corrected chi connectivity index (χ3v) is 6.50. The first-order valence-electron chi connectivity index (χ1n) is 9.32. The molecule has 2 aliphatic rings. The lowest BCUT2D eigenvalue weighted by molar-refractivity contribution is -0.0894. The Balaban J connectivity index is 2.01. The summed E-state index contributed by atoms with van der Waals surface area (Å²) in [6.45, 7) is 7.53. The third-order valence-electron chi connectivity index (χ3n) is 6.50. The van der Waals surface area contributed by atoms with Crippen LogP contribution in [0.2, 0.25) is 0 Å². The molecule has 2 atom stereocenters. The molecule has 0 bridgehead atoms. The summed E-state index contributed by atoms with van der Waals surface area (Å²) in [6.07, 6.45) is 7.03. The topological polar surface area (TPSA) is 43.7 Å². The lowest BCUT2D eigenvalue weighted by Crippen LogP contribution is -2.57. The van der Waals surface area contributed by atoms with E-state index in [1.807, 2.05) is 6.07 Å². The molecule has 1 saturated carbocycles. The Morgan fingerprint density at radius 2 is 1.83 bits per heavy atom. The molecule has 3 nitrogen and oxygen atoms in total. The Morgan fingerprint density at radius 1 is 1.09 bits per heavy atom. The molecule has 0 unspecified atom stereocenters. The molecule has 3 heteroatoms. The summed E-state index contributed by atoms with van der Waals surface area (Å²) in [5.74, 6) is 0.334. The van der Waals surface area contributed by atoms with Gasteiger partial charge in [0.15, 0.2) is 0 Å². The highest BCUT2D eigenvalue weighted by Gasteiger charge is 2.54. The minimum Gasteiger partial charge on any atom is -0.508 e. The van der Waals surface area contributed by atoms with Crippen LogP contribution in [0.3, 0.4) is 0 Å². The molecule has 23 heavy (non-hydrogen) atoms. The SMILES string of the molecule is CCN(CC)CC[C@@]12CCCC[C@]1(O)CCc1ccc(O)cc12. The van der Waals surface area contributed by atoms with Crippen LogP contribution in [-0.4, -0.2) is 40.3 Å². The fourth-order valence-corrected chi connectivity index (χ4v) is 5.02. The molecule has 1 aromatic rings. The van der Waals surface area contributed by atoms with Gasteiger partial charge in [0.1, 0.15) is 5.75 Å². The fourth-order valence-electron chi connectivity index (χ4n) is 5.02. The Morgan fingerprint density at radius 3 is 2.57 bits per heavy atom. The average Bonchev–Trinajstić information content (AvgIpc) is 2.56. The second-order valence-electron chi connectivity index (χ2n) is 7.44. The molecule has 0 saturated heterocycles. The second kappa shape index (κ2) is 6.45. The maximum atomic E-state index is 11.5. The molecule has 3 rings (SSSR count). The van der Waals surface area contributed by atoms with E-state index in [1.165, 1.54) is 17.5 Å². The van der Waals surface area contributed by atoms with Crippen LogP contribution < -0.4 is 0 Å². The van der Waals surface area contributed by atoms with Crippen molar-refractivity contribution in [1.29, 1.82) is 0 Å². The predicted octanol–water partition coefficient (Wildman–Crippen LogP) is 3.61. The number of aryl methyl sites for hydroxylation is 1. The van der Waals surface area contributed by atoms with E-state index < -0.39 is 5.60 Å². The van der Waals surface area contributed by atoms with Gasteiger partial charge in [-0.1, -0.05) is 32.8 Å². The highest BCUT2D eigenvalue weighted by atomic mass is 16.3. The van der Waals surface area contributed by atoms with E-state index in [2.05, 4.69) is 24.8 Å². The summed E-state index contributed by atoms with van der Waals surface area (Å²) in [7, 11) is 0. The molecule has 2 aliphatic carbocycles. The minimum atomic E-state index is -0.598. The monoisotopic (exact) mass is 317 g/mol. The number of aromatic hydroxyl groups is 1. The molecular formula is C20H31NO2. The first kappa shape index (κ1) is 16.8. The number of hydrogen-bond donors (Lipinski definition) is 2. The summed E-state index contributed by atoms with van der Waals surface area (Å²) in [4.78, 5) is 2.45. The molecular weight excluding hydrogens is 286 g/mol. The Labute approximate surface area is 140 Å². The van der Waals surface area contributed by atoms with Crippen LogP contribution in [0.15, 0.2) is 18.2 Å². The van der Waals surface area contributed by atoms with Crippen molar-refractivity contribution in [2.45, 2.75) is 69.8 Å². The van der Waals surface area contributed by atoms with Crippen LogP contribution in [-0.2, 0) is 11.8 Å². The van der Waals surface area contributed by atoms with E-state index in [9.17, 15) is 10.2 Å². The van der Waals surface area contributed by atoms with E-state index in [-0.39, 0.29) is 5.41 Å². The van der Waals surface area contributed by atoms with Gasteiger partial charge in [0, 0.05) is 5.41 Å². The quantitative estimate of drug-likeness (QED) is 0.872. The highest BCUT2D eigenvalue weighted by Crippen LogP contribution is 2.55. The van der Waals surface area contributed by atoms with Crippen LogP contribution in [0.1, 0.15) is 63.5 Å². The predicted molar refractivity (Wildman–Crippen MR) is 93.9 cm³/mol. The normalized spacial score (nSPS) is 30.1. The smallest absolute Gasteiger partial charge is 0.115 e. The molecule has 0 aliphatic heterocycles. The maximum Gasteiger partial charge on any atom is 0.115 e. The number of nitrogens with zero attached hydrogens (tertiary/aromatic N) is 1. The Kier molecular flexibility index (Phi) is 4.70. The van der Waals surface area contributed by atoms with Crippen molar-refractivity contribution in [2.24, 2.45) is 0 Å².